The molecule has 0 aliphatic carbocycles. The zero-order valence-electron chi connectivity index (χ0n) is 8.63. The van der Waals surface area contributed by atoms with Crippen LogP contribution in [0.2, 0.25) is 10.0 Å². The van der Waals surface area contributed by atoms with E-state index in [0.717, 1.165) is 22.8 Å². The molecule has 2 aromatic rings. The molecule has 0 amide bonds. The summed E-state index contributed by atoms with van der Waals surface area (Å²) < 4.78 is 0. The SMILES string of the molecule is CNCc1csc(-c2ccc(Cl)c(Cl)c2)n1. The fraction of sp³-hybridized carbons (Fsp3) is 0.182. The van der Waals surface area contributed by atoms with E-state index in [0.29, 0.717) is 10.0 Å². The van der Waals surface area contributed by atoms with Gasteiger partial charge in [0.25, 0.3) is 0 Å². The van der Waals surface area contributed by atoms with Gasteiger partial charge in [-0.3, -0.25) is 0 Å². The molecule has 0 fully saturated rings. The van der Waals surface area contributed by atoms with E-state index >= 15 is 0 Å². The first kappa shape index (κ1) is 11.9. The van der Waals surface area contributed by atoms with Crippen molar-refractivity contribution in [2.24, 2.45) is 0 Å². The third-order valence-corrected chi connectivity index (χ3v) is 3.76. The van der Waals surface area contributed by atoms with Crippen molar-refractivity contribution in [3.63, 3.8) is 0 Å². The molecule has 0 aliphatic rings. The van der Waals surface area contributed by atoms with Gasteiger partial charge in [0.1, 0.15) is 5.01 Å². The second kappa shape index (κ2) is 5.15. The topological polar surface area (TPSA) is 24.9 Å². The normalized spacial score (nSPS) is 10.7. The monoisotopic (exact) mass is 272 g/mol. The van der Waals surface area contributed by atoms with Crippen LogP contribution in [-0.4, -0.2) is 12.0 Å². The molecule has 2 rings (SSSR count). The highest BCUT2D eigenvalue weighted by atomic mass is 35.5. The first-order valence-electron chi connectivity index (χ1n) is 4.75. The van der Waals surface area contributed by atoms with Crippen LogP contribution in [0.15, 0.2) is 23.6 Å². The fourth-order valence-electron chi connectivity index (χ4n) is 1.33. The summed E-state index contributed by atoms with van der Waals surface area (Å²) in [7, 11) is 1.90. The van der Waals surface area contributed by atoms with Crippen molar-refractivity contribution in [2.45, 2.75) is 6.54 Å². The van der Waals surface area contributed by atoms with Gasteiger partial charge in [0.05, 0.1) is 15.7 Å². The van der Waals surface area contributed by atoms with Gasteiger partial charge in [-0.05, 0) is 19.2 Å². The predicted molar refractivity (Wildman–Crippen MR) is 70.3 cm³/mol. The third kappa shape index (κ3) is 2.55. The molecule has 1 N–H and O–H groups in total. The van der Waals surface area contributed by atoms with Gasteiger partial charge in [-0.2, -0.15) is 0 Å². The summed E-state index contributed by atoms with van der Waals surface area (Å²) in [5, 5.41) is 7.19. The van der Waals surface area contributed by atoms with Crippen LogP contribution in [0, 0.1) is 0 Å². The highest BCUT2D eigenvalue weighted by molar-refractivity contribution is 7.13. The number of halogens is 2. The second-order valence-corrected chi connectivity index (χ2v) is 4.98. The third-order valence-electron chi connectivity index (χ3n) is 2.08. The summed E-state index contributed by atoms with van der Waals surface area (Å²) in [4.78, 5) is 4.50. The molecule has 0 saturated carbocycles. The molecular weight excluding hydrogens is 263 g/mol. The van der Waals surface area contributed by atoms with Gasteiger partial charge >= 0.3 is 0 Å². The Morgan fingerprint density at radius 1 is 1.31 bits per heavy atom. The number of hydrogen-bond donors (Lipinski definition) is 1. The number of hydrogen-bond acceptors (Lipinski definition) is 3. The van der Waals surface area contributed by atoms with Crippen LogP contribution in [0.3, 0.4) is 0 Å². The van der Waals surface area contributed by atoms with Crippen molar-refractivity contribution < 1.29 is 0 Å². The van der Waals surface area contributed by atoms with E-state index in [1.807, 2.05) is 24.6 Å². The van der Waals surface area contributed by atoms with Crippen LogP contribution in [0.5, 0.6) is 0 Å². The van der Waals surface area contributed by atoms with Gasteiger partial charge in [0, 0.05) is 17.5 Å². The molecule has 1 aromatic heterocycles. The number of nitrogens with zero attached hydrogens (tertiary/aromatic N) is 1. The number of thiazole rings is 1. The number of benzene rings is 1. The molecule has 0 aliphatic heterocycles. The van der Waals surface area contributed by atoms with Crippen molar-refractivity contribution in [2.75, 3.05) is 7.05 Å². The Labute approximate surface area is 108 Å². The molecular formula is C11H10Cl2N2S. The largest absolute Gasteiger partial charge is 0.314 e. The lowest BCUT2D eigenvalue weighted by atomic mass is 10.2. The molecule has 0 atom stereocenters. The predicted octanol–water partition coefficient (Wildman–Crippen LogP) is 3.84. The molecule has 84 valence electrons. The zero-order chi connectivity index (χ0) is 11.5. The van der Waals surface area contributed by atoms with Crippen LogP contribution in [-0.2, 0) is 6.54 Å². The Hall–Kier alpha value is -0.610. The maximum Gasteiger partial charge on any atom is 0.123 e. The molecule has 0 bridgehead atoms. The molecule has 5 heteroatoms. The number of nitrogens with one attached hydrogen (secondary N) is 1. The summed E-state index contributed by atoms with van der Waals surface area (Å²) >= 11 is 13.4. The first-order chi connectivity index (χ1) is 7.70. The average Bonchev–Trinajstić information content (AvgIpc) is 2.71. The summed E-state index contributed by atoms with van der Waals surface area (Å²) in [6, 6.07) is 5.56. The van der Waals surface area contributed by atoms with Crippen molar-refractivity contribution in [1.29, 1.82) is 0 Å². The lowest BCUT2D eigenvalue weighted by Crippen LogP contribution is -2.04. The van der Waals surface area contributed by atoms with E-state index in [2.05, 4.69) is 10.3 Å². The van der Waals surface area contributed by atoms with Crippen LogP contribution in [0.4, 0.5) is 0 Å². The van der Waals surface area contributed by atoms with E-state index in [1.54, 1.807) is 17.4 Å². The van der Waals surface area contributed by atoms with Gasteiger partial charge in [-0.1, -0.05) is 29.3 Å². The van der Waals surface area contributed by atoms with E-state index in [-0.39, 0.29) is 0 Å². The second-order valence-electron chi connectivity index (χ2n) is 3.30. The maximum atomic E-state index is 5.96. The van der Waals surface area contributed by atoms with Crippen LogP contribution in [0.1, 0.15) is 5.69 Å². The van der Waals surface area contributed by atoms with Gasteiger partial charge < -0.3 is 5.32 Å². The molecule has 1 heterocycles. The molecule has 0 unspecified atom stereocenters. The van der Waals surface area contributed by atoms with Crippen LogP contribution in [0.25, 0.3) is 10.6 Å². The number of rotatable bonds is 3. The molecule has 0 saturated heterocycles. The molecule has 1 aromatic carbocycles. The summed E-state index contributed by atoms with van der Waals surface area (Å²) in [6.07, 6.45) is 0. The lowest BCUT2D eigenvalue weighted by molar-refractivity contribution is 0.798. The van der Waals surface area contributed by atoms with Gasteiger partial charge in [-0.15, -0.1) is 11.3 Å². The Morgan fingerprint density at radius 3 is 2.81 bits per heavy atom. The lowest BCUT2D eigenvalue weighted by Gasteiger charge is -1.99. The number of aromatic nitrogens is 1. The molecule has 0 radical (unpaired) electrons. The Kier molecular flexibility index (Phi) is 3.82. The van der Waals surface area contributed by atoms with E-state index in [1.165, 1.54) is 0 Å². The van der Waals surface area contributed by atoms with E-state index < -0.39 is 0 Å². The maximum absolute atomic E-state index is 5.96. The molecule has 16 heavy (non-hydrogen) atoms. The standard InChI is InChI=1S/C11H10Cl2N2S/c1-14-5-8-6-16-11(15-8)7-2-3-9(12)10(13)4-7/h2-4,6,14H,5H2,1H3. The van der Waals surface area contributed by atoms with E-state index in [9.17, 15) is 0 Å². The summed E-state index contributed by atoms with van der Waals surface area (Å²) in [5.41, 5.74) is 2.04. The van der Waals surface area contributed by atoms with Crippen molar-refractivity contribution in [3.05, 3.63) is 39.3 Å². The smallest absolute Gasteiger partial charge is 0.123 e. The Bertz CT molecular complexity index is 496. The average molecular weight is 273 g/mol. The fourth-order valence-corrected chi connectivity index (χ4v) is 2.45. The van der Waals surface area contributed by atoms with Crippen molar-refractivity contribution in [1.82, 2.24) is 10.3 Å². The minimum atomic E-state index is 0.560. The van der Waals surface area contributed by atoms with Gasteiger partial charge in [0.15, 0.2) is 0 Å². The Balaban J connectivity index is 2.31. The highest BCUT2D eigenvalue weighted by Crippen LogP contribution is 2.30. The van der Waals surface area contributed by atoms with Gasteiger partial charge in [0.2, 0.25) is 0 Å². The van der Waals surface area contributed by atoms with Gasteiger partial charge in [-0.25, -0.2) is 4.98 Å². The summed E-state index contributed by atoms with van der Waals surface area (Å²) in [5.74, 6) is 0. The van der Waals surface area contributed by atoms with Crippen molar-refractivity contribution in [3.8, 4) is 10.6 Å². The van der Waals surface area contributed by atoms with Crippen molar-refractivity contribution >= 4 is 34.5 Å². The van der Waals surface area contributed by atoms with E-state index in [4.69, 9.17) is 23.2 Å². The molecule has 2 nitrogen and oxygen atoms in total. The Morgan fingerprint density at radius 2 is 2.12 bits per heavy atom. The van der Waals surface area contributed by atoms with Crippen LogP contribution < -0.4 is 5.32 Å². The summed E-state index contributed by atoms with van der Waals surface area (Å²) in [6.45, 7) is 0.776. The van der Waals surface area contributed by atoms with Crippen LogP contribution >= 0.6 is 34.5 Å². The minimum Gasteiger partial charge on any atom is -0.314 e. The quantitative estimate of drug-likeness (QED) is 0.919. The first-order valence-corrected chi connectivity index (χ1v) is 6.38. The molecule has 0 spiro atoms. The highest BCUT2D eigenvalue weighted by Gasteiger charge is 2.06. The minimum absolute atomic E-state index is 0.560. The zero-order valence-corrected chi connectivity index (χ0v) is 11.0.